The zero-order chi connectivity index (χ0) is 13.1. The molecule has 0 bridgehead atoms. The third kappa shape index (κ3) is 2.81. The van der Waals surface area contributed by atoms with Crippen LogP contribution >= 0.6 is 22.6 Å². The molecule has 0 saturated heterocycles. The summed E-state index contributed by atoms with van der Waals surface area (Å²) in [6.07, 6.45) is -0.914. The van der Waals surface area contributed by atoms with E-state index in [1.54, 1.807) is 18.2 Å². The van der Waals surface area contributed by atoms with Crippen molar-refractivity contribution < 1.29 is 14.2 Å². The monoisotopic (exact) mass is 358 g/mol. The van der Waals surface area contributed by atoms with Gasteiger partial charge in [0.1, 0.15) is 17.3 Å². The summed E-state index contributed by atoms with van der Waals surface area (Å²) in [6.45, 7) is 1.52. The van der Waals surface area contributed by atoms with Crippen molar-refractivity contribution in [1.82, 2.24) is 0 Å². The highest BCUT2D eigenvalue weighted by Gasteiger charge is 2.15. The lowest BCUT2D eigenvalue weighted by molar-refractivity contribution is 0.190. The normalized spacial score (nSPS) is 12.2. The third-order valence-electron chi connectivity index (χ3n) is 2.49. The predicted octanol–water partition coefficient (Wildman–Crippen LogP) is 4.28. The van der Waals surface area contributed by atoms with E-state index in [0.29, 0.717) is 11.5 Å². The van der Waals surface area contributed by atoms with Crippen LogP contribution in [0.15, 0.2) is 42.5 Å². The lowest BCUT2D eigenvalue weighted by atomic mass is 10.1. The van der Waals surface area contributed by atoms with Crippen LogP contribution in [0.2, 0.25) is 0 Å². The molecule has 1 atom stereocenters. The lowest BCUT2D eigenvalue weighted by Crippen LogP contribution is -2.00. The van der Waals surface area contributed by atoms with Gasteiger partial charge in [-0.1, -0.05) is 18.2 Å². The van der Waals surface area contributed by atoms with Crippen molar-refractivity contribution >= 4 is 22.6 Å². The Morgan fingerprint density at radius 2 is 1.78 bits per heavy atom. The highest BCUT2D eigenvalue weighted by molar-refractivity contribution is 14.1. The number of rotatable bonds is 3. The average Bonchev–Trinajstić information content (AvgIpc) is 2.31. The molecular weight excluding hydrogens is 346 g/mol. The van der Waals surface area contributed by atoms with Crippen molar-refractivity contribution in [3.05, 3.63) is 57.4 Å². The summed E-state index contributed by atoms with van der Waals surface area (Å²) in [5, 5.41) is 9.61. The number of para-hydroxylation sites is 1. The van der Waals surface area contributed by atoms with E-state index in [0.717, 1.165) is 3.57 Å². The van der Waals surface area contributed by atoms with Crippen LogP contribution in [0.3, 0.4) is 0 Å². The zero-order valence-corrected chi connectivity index (χ0v) is 11.9. The van der Waals surface area contributed by atoms with Crippen LogP contribution in [0.25, 0.3) is 0 Å². The van der Waals surface area contributed by atoms with Crippen molar-refractivity contribution in [2.45, 2.75) is 13.0 Å². The second-order valence-electron chi connectivity index (χ2n) is 3.86. The minimum atomic E-state index is -0.914. The first-order chi connectivity index (χ1) is 8.59. The standard InChI is InChI=1S/C14H12FIO2/c1-9(17)14-10(15)5-4-8-13(14)18-12-7-3-2-6-11(12)16/h2-9,17H,1H3/t9-/m1/s1. The molecule has 1 N–H and O–H groups in total. The fourth-order valence-electron chi connectivity index (χ4n) is 1.66. The molecule has 2 nitrogen and oxygen atoms in total. The second kappa shape index (κ2) is 5.67. The molecular formula is C14H12FIO2. The minimum absolute atomic E-state index is 0.178. The van der Waals surface area contributed by atoms with Gasteiger partial charge in [0.05, 0.1) is 15.2 Å². The van der Waals surface area contributed by atoms with E-state index in [2.05, 4.69) is 22.6 Å². The molecule has 2 aromatic rings. The van der Waals surface area contributed by atoms with Gasteiger partial charge >= 0.3 is 0 Å². The van der Waals surface area contributed by atoms with Gasteiger partial charge in [-0.15, -0.1) is 0 Å². The highest BCUT2D eigenvalue weighted by atomic mass is 127. The Balaban J connectivity index is 2.41. The molecule has 0 radical (unpaired) electrons. The van der Waals surface area contributed by atoms with Crippen LogP contribution in [0.1, 0.15) is 18.6 Å². The first-order valence-corrected chi connectivity index (χ1v) is 6.56. The molecule has 2 rings (SSSR count). The maximum absolute atomic E-state index is 13.7. The van der Waals surface area contributed by atoms with Gasteiger partial charge in [0.15, 0.2) is 0 Å². The van der Waals surface area contributed by atoms with Crippen LogP contribution in [-0.2, 0) is 0 Å². The largest absolute Gasteiger partial charge is 0.456 e. The van der Waals surface area contributed by atoms with Gasteiger partial charge < -0.3 is 9.84 Å². The maximum Gasteiger partial charge on any atom is 0.140 e. The molecule has 0 spiro atoms. The molecule has 0 aliphatic carbocycles. The maximum atomic E-state index is 13.7. The van der Waals surface area contributed by atoms with E-state index < -0.39 is 11.9 Å². The van der Waals surface area contributed by atoms with E-state index >= 15 is 0 Å². The van der Waals surface area contributed by atoms with Crippen molar-refractivity contribution in [3.63, 3.8) is 0 Å². The van der Waals surface area contributed by atoms with Gasteiger partial charge in [0.2, 0.25) is 0 Å². The van der Waals surface area contributed by atoms with E-state index in [-0.39, 0.29) is 5.56 Å². The molecule has 94 valence electrons. The highest BCUT2D eigenvalue weighted by Crippen LogP contribution is 2.33. The predicted molar refractivity (Wildman–Crippen MR) is 76.3 cm³/mol. The molecule has 0 saturated carbocycles. The smallest absolute Gasteiger partial charge is 0.140 e. The van der Waals surface area contributed by atoms with Gasteiger partial charge in [-0.3, -0.25) is 0 Å². The van der Waals surface area contributed by atoms with Crippen LogP contribution in [0.4, 0.5) is 4.39 Å². The fourth-order valence-corrected chi connectivity index (χ4v) is 2.16. The Bertz CT molecular complexity index is 555. The third-order valence-corrected chi connectivity index (χ3v) is 3.38. The summed E-state index contributed by atoms with van der Waals surface area (Å²) in [7, 11) is 0. The Hall–Kier alpha value is -1.14. The number of benzene rings is 2. The van der Waals surface area contributed by atoms with Crippen LogP contribution < -0.4 is 4.74 Å². The summed E-state index contributed by atoms with van der Waals surface area (Å²) >= 11 is 2.14. The van der Waals surface area contributed by atoms with Crippen molar-refractivity contribution in [3.8, 4) is 11.5 Å². The van der Waals surface area contributed by atoms with Gasteiger partial charge in [0, 0.05) is 0 Å². The van der Waals surface area contributed by atoms with Gasteiger partial charge in [-0.05, 0) is 53.8 Å². The molecule has 0 aliphatic heterocycles. The molecule has 0 amide bonds. The Morgan fingerprint density at radius 1 is 1.11 bits per heavy atom. The van der Waals surface area contributed by atoms with Crippen molar-refractivity contribution in [2.24, 2.45) is 0 Å². The molecule has 4 heteroatoms. The van der Waals surface area contributed by atoms with Gasteiger partial charge in [-0.25, -0.2) is 4.39 Å². The fraction of sp³-hybridized carbons (Fsp3) is 0.143. The second-order valence-corrected chi connectivity index (χ2v) is 5.02. The van der Waals surface area contributed by atoms with E-state index in [1.165, 1.54) is 13.0 Å². The quantitative estimate of drug-likeness (QED) is 0.831. The van der Waals surface area contributed by atoms with Crippen LogP contribution in [0, 0.1) is 9.39 Å². The molecule has 0 heterocycles. The molecule has 0 aliphatic rings. The molecule has 0 unspecified atom stereocenters. The summed E-state index contributed by atoms with van der Waals surface area (Å²) in [4.78, 5) is 0. The number of aliphatic hydroxyl groups excluding tert-OH is 1. The minimum Gasteiger partial charge on any atom is -0.456 e. The van der Waals surface area contributed by atoms with Gasteiger partial charge in [-0.2, -0.15) is 0 Å². The summed E-state index contributed by atoms with van der Waals surface area (Å²) in [6, 6.07) is 12.0. The zero-order valence-electron chi connectivity index (χ0n) is 9.73. The Kier molecular flexibility index (Phi) is 4.19. The summed E-state index contributed by atoms with van der Waals surface area (Å²) < 4.78 is 20.3. The van der Waals surface area contributed by atoms with Crippen LogP contribution in [-0.4, -0.2) is 5.11 Å². The first kappa shape index (κ1) is 13.3. The van der Waals surface area contributed by atoms with Crippen LogP contribution in [0.5, 0.6) is 11.5 Å². The number of ether oxygens (including phenoxy) is 1. The molecule has 0 fully saturated rings. The summed E-state index contributed by atoms with van der Waals surface area (Å²) in [5.74, 6) is 0.521. The van der Waals surface area contributed by atoms with Crippen molar-refractivity contribution in [1.29, 1.82) is 0 Å². The number of halogens is 2. The number of hydrogen-bond donors (Lipinski definition) is 1. The first-order valence-electron chi connectivity index (χ1n) is 5.48. The Morgan fingerprint density at radius 3 is 2.44 bits per heavy atom. The van der Waals surface area contributed by atoms with Gasteiger partial charge in [0.25, 0.3) is 0 Å². The number of aliphatic hydroxyl groups is 1. The Labute approximate surface area is 119 Å². The molecule has 2 aromatic carbocycles. The van der Waals surface area contributed by atoms with E-state index in [9.17, 15) is 9.50 Å². The van der Waals surface area contributed by atoms with Crippen molar-refractivity contribution in [2.75, 3.05) is 0 Å². The van der Waals surface area contributed by atoms with E-state index in [4.69, 9.17) is 4.74 Å². The molecule has 18 heavy (non-hydrogen) atoms. The SMILES string of the molecule is C[C@@H](O)c1c(F)cccc1Oc1ccccc1I. The lowest BCUT2D eigenvalue weighted by Gasteiger charge is -2.14. The number of hydrogen-bond acceptors (Lipinski definition) is 2. The summed E-state index contributed by atoms with van der Waals surface area (Å²) in [5.41, 5.74) is 0.178. The molecule has 0 aromatic heterocycles. The topological polar surface area (TPSA) is 29.5 Å². The van der Waals surface area contributed by atoms with E-state index in [1.807, 2.05) is 18.2 Å². The average molecular weight is 358 g/mol.